The Balaban J connectivity index is 0.00000243. The molecule has 7 heteroatoms. The van der Waals surface area contributed by atoms with Crippen LogP contribution < -0.4 is 10.1 Å². The van der Waals surface area contributed by atoms with Crippen molar-refractivity contribution < 1.29 is 14.6 Å². The van der Waals surface area contributed by atoms with Crippen molar-refractivity contribution in [2.24, 2.45) is 0 Å². The van der Waals surface area contributed by atoms with Crippen molar-refractivity contribution in [2.45, 2.75) is 32.9 Å². The molecule has 0 bridgehead atoms. The molecule has 26 heavy (non-hydrogen) atoms. The predicted molar refractivity (Wildman–Crippen MR) is 107 cm³/mol. The number of phenols is 1. The molecule has 2 N–H and O–H groups in total. The van der Waals surface area contributed by atoms with Crippen LogP contribution in [0.5, 0.6) is 11.5 Å². The number of aryl methyl sites for hydroxylation is 1. The highest BCUT2D eigenvalue weighted by Crippen LogP contribution is 2.39. The van der Waals surface area contributed by atoms with Crippen molar-refractivity contribution in [3.8, 4) is 21.9 Å². The van der Waals surface area contributed by atoms with Crippen LogP contribution in [0.15, 0.2) is 24.3 Å². The largest absolute Gasteiger partial charge is 0.504 e. The molecule has 0 aliphatic carbocycles. The molecule has 0 fully saturated rings. The summed E-state index contributed by atoms with van der Waals surface area (Å²) >= 11 is 1.68. The number of hydrogen-bond acceptors (Lipinski definition) is 5. The van der Waals surface area contributed by atoms with Crippen LogP contribution in [0.3, 0.4) is 0 Å². The predicted octanol–water partition coefficient (Wildman–Crippen LogP) is 3.57. The van der Waals surface area contributed by atoms with E-state index in [9.17, 15) is 9.90 Å². The minimum Gasteiger partial charge on any atom is -0.504 e. The zero-order valence-electron chi connectivity index (χ0n) is 15.5. The molecule has 0 spiro atoms. The van der Waals surface area contributed by atoms with Gasteiger partial charge in [0.25, 0.3) is 0 Å². The second-order valence-electron chi connectivity index (χ2n) is 6.84. The number of likely N-dealkylation sites (N-methyl/N-ethyl adjacent to an activating group) is 1. The van der Waals surface area contributed by atoms with Gasteiger partial charge in [-0.1, -0.05) is 0 Å². The number of hydrogen-bond donors (Lipinski definition) is 2. The van der Waals surface area contributed by atoms with Crippen LogP contribution in [-0.4, -0.2) is 41.7 Å². The number of phenolic OH excluding ortho intramolecular Hbond substituents is 1. The number of ether oxygens (including phenoxy) is 1. The first-order valence-electron chi connectivity index (χ1n) is 8.35. The summed E-state index contributed by atoms with van der Waals surface area (Å²) in [5, 5.41) is 13.5. The van der Waals surface area contributed by atoms with Crippen LogP contribution in [0.4, 0.5) is 0 Å². The van der Waals surface area contributed by atoms with Gasteiger partial charge in [0.05, 0.1) is 12.1 Å². The summed E-state index contributed by atoms with van der Waals surface area (Å²) in [5.41, 5.74) is 1.13. The molecule has 142 valence electrons. The third kappa shape index (κ3) is 3.98. The summed E-state index contributed by atoms with van der Waals surface area (Å²) in [5.74, 6) is 0.624. The first-order chi connectivity index (χ1) is 11.8. The fourth-order valence-electron chi connectivity index (χ4n) is 2.91. The number of rotatable bonds is 3. The number of thiophene rings is 1. The van der Waals surface area contributed by atoms with Crippen LogP contribution >= 0.6 is 23.7 Å². The Hall–Kier alpha value is -1.76. The topological polar surface area (TPSA) is 61.8 Å². The van der Waals surface area contributed by atoms with Gasteiger partial charge in [0, 0.05) is 21.9 Å². The second-order valence-corrected chi connectivity index (χ2v) is 8.13. The quantitative estimate of drug-likeness (QED) is 0.832. The lowest BCUT2D eigenvalue weighted by atomic mass is 10.0. The Kier molecular flexibility index (Phi) is 6.21. The normalized spacial score (nSPS) is 14.1. The number of aromatic hydroxyl groups is 1. The van der Waals surface area contributed by atoms with Gasteiger partial charge in [-0.2, -0.15) is 0 Å². The molecule has 1 aliphatic rings. The van der Waals surface area contributed by atoms with E-state index < -0.39 is 5.54 Å². The monoisotopic (exact) mass is 396 g/mol. The average Bonchev–Trinajstić information content (AvgIpc) is 2.89. The van der Waals surface area contributed by atoms with Crippen molar-refractivity contribution in [2.75, 3.05) is 20.2 Å². The van der Waals surface area contributed by atoms with Gasteiger partial charge in [0.1, 0.15) is 6.61 Å². The van der Waals surface area contributed by atoms with Crippen LogP contribution in [0.2, 0.25) is 0 Å². The van der Waals surface area contributed by atoms with E-state index >= 15 is 0 Å². The van der Waals surface area contributed by atoms with Gasteiger partial charge < -0.3 is 20.1 Å². The summed E-state index contributed by atoms with van der Waals surface area (Å²) in [6.45, 7) is 7.07. The smallest absolute Gasteiger partial charge is 0.242 e. The van der Waals surface area contributed by atoms with E-state index in [-0.39, 0.29) is 24.1 Å². The second kappa shape index (κ2) is 7.86. The Bertz CT molecular complexity index is 804. The average molecular weight is 397 g/mol. The van der Waals surface area contributed by atoms with Crippen molar-refractivity contribution in [1.82, 2.24) is 10.2 Å². The van der Waals surface area contributed by atoms with Crippen molar-refractivity contribution in [3.05, 3.63) is 34.7 Å². The molecule has 0 radical (unpaired) electrons. The van der Waals surface area contributed by atoms with Gasteiger partial charge in [-0.3, -0.25) is 4.79 Å². The number of amides is 1. The third-order valence-electron chi connectivity index (χ3n) is 4.59. The SMILES string of the molecule is CNC(C)(C)C(=O)N1CCOc2c(O)cc(-c3ccc(C)s3)cc2C1.Cl. The molecule has 0 atom stereocenters. The molecule has 1 aromatic heterocycles. The lowest BCUT2D eigenvalue weighted by Crippen LogP contribution is -2.53. The maximum absolute atomic E-state index is 12.8. The molecule has 3 rings (SSSR count). The van der Waals surface area contributed by atoms with Crippen LogP contribution in [0.1, 0.15) is 24.3 Å². The molecule has 1 aromatic carbocycles. The minimum absolute atomic E-state index is 0. The lowest BCUT2D eigenvalue weighted by Gasteiger charge is -2.30. The number of benzene rings is 1. The molecule has 0 saturated carbocycles. The van der Waals surface area contributed by atoms with E-state index in [0.29, 0.717) is 25.4 Å². The molecule has 0 unspecified atom stereocenters. The van der Waals surface area contributed by atoms with Gasteiger partial charge >= 0.3 is 0 Å². The maximum Gasteiger partial charge on any atom is 0.242 e. The number of fused-ring (bicyclic) bond motifs is 1. The number of carbonyl (C=O) groups is 1. The van der Waals surface area contributed by atoms with Crippen molar-refractivity contribution in [3.63, 3.8) is 0 Å². The van der Waals surface area contributed by atoms with E-state index in [4.69, 9.17) is 4.74 Å². The van der Waals surface area contributed by atoms with Crippen LogP contribution in [0, 0.1) is 6.92 Å². The van der Waals surface area contributed by atoms with E-state index in [1.54, 1.807) is 29.4 Å². The summed E-state index contributed by atoms with van der Waals surface area (Å²) in [4.78, 5) is 16.9. The fourth-order valence-corrected chi connectivity index (χ4v) is 3.76. The molecule has 1 amide bonds. The van der Waals surface area contributed by atoms with E-state index in [0.717, 1.165) is 16.0 Å². The molecule has 2 aromatic rings. The summed E-state index contributed by atoms with van der Waals surface area (Å²) in [7, 11) is 1.78. The summed E-state index contributed by atoms with van der Waals surface area (Å²) < 4.78 is 5.74. The first-order valence-corrected chi connectivity index (χ1v) is 9.17. The number of nitrogens with one attached hydrogen (secondary N) is 1. The Morgan fingerprint density at radius 1 is 1.35 bits per heavy atom. The third-order valence-corrected chi connectivity index (χ3v) is 5.64. The van der Waals surface area contributed by atoms with E-state index in [1.807, 2.05) is 26.0 Å². The van der Waals surface area contributed by atoms with Gasteiger partial charge in [-0.05, 0) is 57.6 Å². The molecule has 0 saturated heterocycles. The summed E-state index contributed by atoms with van der Waals surface area (Å²) in [6, 6.07) is 7.85. The zero-order chi connectivity index (χ0) is 18.2. The van der Waals surface area contributed by atoms with Crippen molar-refractivity contribution in [1.29, 1.82) is 0 Å². The Morgan fingerprint density at radius 3 is 2.69 bits per heavy atom. The van der Waals surface area contributed by atoms with E-state index in [2.05, 4.69) is 18.3 Å². The highest BCUT2D eigenvalue weighted by atomic mass is 35.5. The lowest BCUT2D eigenvalue weighted by molar-refractivity contribution is -0.137. The number of halogens is 1. The Labute approximate surface area is 164 Å². The van der Waals surface area contributed by atoms with Gasteiger partial charge in [-0.15, -0.1) is 23.7 Å². The number of nitrogens with zero attached hydrogens (tertiary/aromatic N) is 1. The standard InChI is InChI=1S/C19H24N2O3S.ClH/c1-12-5-6-16(25-12)13-9-14-11-21(18(23)19(2,3)20-4)7-8-24-17(14)15(22)10-13;/h5-6,9-10,20,22H,7-8,11H2,1-4H3;1H. The maximum atomic E-state index is 12.8. The number of carbonyl (C=O) groups excluding carboxylic acids is 1. The van der Waals surface area contributed by atoms with E-state index in [1.165, 1.54) is 4.88 Å². The van der Waals surface area contributed by atoms with Gasteiger partial charge in [0.15, 0.2) is 11.5 Å². The van der Waals surface area contributed by atoms with Crippen LogP contribution in [-0.2, 0) is 11.3 Å². The zero-order valence-corrected chi connectivity index (χ0v) is 17.1. The highest BCUT2D eigenvalue weighted by Gasteiger charge is 2.32. The van der Waals surface area contributed by atoms with Crippen molar-refractivity contribution >= 4 is 29.7 Å². The molecular formula is C19H25ClN2O3S. The minimum atomic E-state index is -0.644. The van der Waals surface area contributed by atoms with Crippen LogP contribution in [0.25, 0.3) is 10.4 Å². The Morgan fingerprint density at radius 2 is 2.08 bits per heavy atom. The molecule has 5 nitrogen and oxygen atoms in total. The molecule has 1 aliphatic heterocycles. The summed E-state index contributed by atoms with van der Waals surface area (Å²) in [6.07, 6.45) is 0. The molecular weight excluding hydrogens is 372 g/mol. The van der Waals surface area contributed by atoms with Gasteiger partial charge in [0.2, 0.25) is 5.91 Å². The first kappa shape index (κ1) is 20.6. The van der Waals surface area contributed by atoms with Gasteiger partial charge in [-0.25, -0.2) is 0 Å². The highest BCUT2D eigenvalue weighted by molar-refractivity contribution is 7.15. The molecule has 2 heterocycles. The fraction of sp³-hybridized carbons (Fsp3) is 0.421.